The molecule has 1 unspecified atom stereocenters. The van der Waals surface area contributed by atoms with Crippen molar-refractivity contribution in [2.75, 3.05) is 0 Å². The maximum Gasteiger partial charge on any atom is 0.273 e. The lowest BCUT2D eigenvalue weighted by molar-refractivity contribution is 0.0907. The zero-order valence-electron chi connectivity index (χ0n) is 18.7. The van der Waals surface area contributed by atoms with Gasteiger partial charge in [-0.15, -0.1) is 0 Å². The second-order valence-corrected chi connectivity index (χ2v) is 8.56. The Balaban J connectivity index is 1.70. The van der Waals surface area contributed by atoms with Crippen LogP contribution < -0.4 is 11.1 Å². The number of benzene rings is 3. The highest BCUT2D eigenvalue weighted by molar-refractivity contribution is 6.05. The molecule has 0 spiro atoms. The van der Waals surface area contributed by atoms with Crippen LogP contribution in [0.15, 0.2) is 72.8 Å². The van der Waals surface area contributed by atoms with Crippen LogP contribution in [0.3, 0.4) is 0 Å². The molecule has 1 atom stereocenters. The predicted octanol–water partition coefficient (Wildman–Crippen LogP) is 4.55. The fourth-order valence-corrected chi connectivity index (χ4v) is 3.91. The van der Waals surface area contributed by atoms with Gasteiger partial charge in [0.2, 0.25) is 5.91 Å². The summed E-state index contributed by atoms with van der Waals surface area (Å²) < 4.78 is 15.2. The van der Waals surface area contributed by atoms with Gasteiger partial charge in [-0.1, -0.05) is 42.5 Å². The number of aromatic nitrogens is 2. The molecular formula is C26H25FN4O2. The number of halogens is 1. The van der Waals surface area contributed by atoms with Crippen LogP contribution in [-0.4, -0.2) is 21.6 Å². The van der Waals surface area contributed by atoms with Crippen molar-refractivity contribution in [1.29, 1.82) is 0 Å². The largest absolute Gasteiger partial charge is 0.366 e. The number of primary amides is 1. The van der Waals surface area contributed by atoms with Gasteiger partial charge in [0.25, 0.3) is 5.91 Å². The van der Waals surface area contributed by atoms with E-state index in [1.807, 2.05) is 51.1 Å². The highest BCUT2D eigenvalue weighted by Gasteiger charge is 2.27. The van der Waals surface area contributed by atoms with Crippen LogP contribution >= 0.6 is 0 Å². The first-order valence-corrected chi connectivity index (χ1v) is 10.6. The molecule has 0 aliphatic carbocycles. The number of hydrogen-bond acceptors (Lipinski definition) is 3. The molecule has 0 bridgehead atoms. The van der Waals surface area contributed by atoms with Crippen molar-refractivity contribution in [2.24, 2.45) is 5.73 Å². The lowest BCUT2D eigenvalue weighted by atomic mass is 9.92. The number of nitrogens with two attached hydrogens (primary N) is 1. The third-order valence-electron chi connectivity index (χ3n) is 5.84. The van der Waals surface area contributed by atoms with E-state index in [2.05, 4.69) is 10.4 Å². The third kappa shape index (κ3) is 4.35. The number of hydrogen-bond donors (Lipinski definition) is 2. The maximum absolute atomic E-state index is 13.4. The van der Waals surface area contributed by atoms with Gasteiger partial charge in [0, 0.05) is 10.9 Å². The summed E-state index contributed by atoms with van der Waals surface area (Å²) in [6.07, 6.45) is 0. The van der Waals surface area contributed by atoms with Crippen LogP contribution in [0.1, 0.15) is 58.8 Å². The number of amides is 2. The van der Waals surface area contributed by atoms with Crippen molar-refractivity contribution in [3.63, 3.8) is 0 Å². The van der Waals surface area contributed by atoms with Gasteiger partial charge in [0.1, 0.15) is 5.82 Å². The number of carbonyl (C=O) groups is 2. The Morgan fingerprint density at radius 3 is 2.42 bits per heavy atom. The summed E-state index contributed by atoms with van der Waals surface area (Å²) in [4.78, 5) is 24.9. The molecule has 3 N–H and O–H groups in total. The van der Waals surface area contributed by atoms with Gasteiger partial charge in [-0.3, -0.25) is 14.3 Å². The Morgan fingerprint density at radius 2 is 1.73 bits per heavy atom. The summed E-state index contributed by atoms with van der Waals surface area (Å²) in [6, 6.07) is 20.4. The smallest absolute Gasteiger partial charge is 0.273 e. The summed E-state index contributed by atoms with van der Waals surface area (Å²) in [5.41, 5.74) is 7.71. The fraction of sp³-hybridized carbons (Fsp3) is 0.192. The monoisotopic (exact) mass is 444 g/mol. The van der Waals surface area contributed by atoms with Crippen LogP contribution in [0, 0.1) is 5.82 Å². The lowest BCUT2D eigenvalue weighted by Crippen LogP contribution is -2.41. The summed E-state index contributed by atoms with van der Waals surface area (Å²) >= 11 is 0. The Labute approximate surface area is 191 Å². The molecule has 0 aliphatic heterocycles. The highest BCUT2D eigenvalue weighted by atomic mass is 19.1. The normalized spacial score (nSPS) is 12.5. The van der Waals surface area contributed by atoms with E-state index in [-0.39, 0.29) is 17.8 Å². The molecular weight excluding hydrogens is 419 g/mol. The number of fused-ring (bicyclic) bond motifs is 1. The number of para-hydroxylation sites is 1. The van der Waals surface area contributed by atoms with Gasteiger partial charge in [0.15, 0.2) is 5.69 Å². The first-order valence-electron chi connectivity index (χ1n) is 10.6. The SMILES string of the molecule is CC(c1ccc(F)cc1)n1nc(C(=O)NC(C)(C)c2cccc(C(N)=O)c2)c2ccccc21. The molecule has 1 aromatic heterocycles. The first-order chi connectivity index (χ1) is 15.7. The van der Waals surface area contributed by atoms with E-state index in [4.69, 9.17) is 5.73 Å². The van der Waals surface area contributed by atoms with Gasteiger partial charge >= 0.3 is 0 Å². The van der Waals surface area contributed by atoms with E-state index in [9.17, 15) is 14.0 Å². The van der Waals surface area contributed by atoms with Crippen molar-refractivity contribution >= 4 is 22.7 Å². The van der Waals surface area contributed by atoms with Gasteiger partial charge in [0.05, 0.1) is 17.1 Å². The van der Waals surface area contributed by atoms with Crippen LogP contribution in [0.2, 0.25) is 0 Å². The average molecular weight is 445 g/mol. The number of carbonyl (C=O) groups excluding carboxylic acids is 2. The average Bonchev–Trinajstić information content (AvgIpc) is 3.19. The number of rotatable bonds is 6. The van der Waals surface area contributed by atoms with Crippen molar-refractivity contribution in [1.82, 2.24) is 15.1 Å². The second-order valence-electron chi connectivity index (χ2n) is 8.56. The molecule has 168 valence electrons. The van der Waals surface area contributed by atoms with E-state index in [0.717, 1.165) is 16.6 Å². The van der Waals surface area contributed by atoms with E-state index in [1.165, 1.54) is 12.1 Å². The fourth-order valence-electron chi connectivity index (χ4n) is 3.91. The second kappa shape index (κ2) is 8.50. The van der Waals surface area contributed by atoms with Gasteiger partial charge in [-0.2, -0.15) is 5.10 Å². The predicted molar refractivity (Wildman–Crippen MR) is 125 cm³/mol. The molecule has 3 aromatic carbocycles. The lowest BCUT2D eigenvalue weighted by Gasteiger charge is -2.27. The zero-order chi connectivity index (χ0) is 23.8. The quantitative estimate of drug-likeness (QED) is 0.457. The molecule has 0 aliphatic rings. The van der Waals surface area contributed by atoms with Crippen molar-refractivity contribution in [3.05, 3.63) is 101 Å². The molecule has 0 saturated carbocycles. The zero-order valence-corrected chi connectivity index (χ0v) is 18.7. The van der Waals surface area contributed by atoms with Gasteiger partial charge in [-0.05, 0) is 62.2 Å². The molecule has 6 nitrogen and oxygen atoms in total. The third-order valence-corrected chi connectivity index (χ3v) is 5.84. The Morgan fingerprint density at radius 1 is 1.03 bits per heavy atom. The minimum absolute atomic E-state index is 0.211. The summed E-state index contributed by atoms with van der Waals surface area (Å²) in [7, 11) is 0. The molecule has 7 heteroatoms. The molecule has 0 fully saturated rings. The van der Waals surface area contributed by atoms with Crippen LogP contribution in [0.4, 0.5) is 4.39 Å². The van der Waals surface area contributed by atoms with Crippen LogP contribution in [-0.2, 0) is 5.54 Å². The summed E-state index contributed by atoms with van der Waals surface area (Å²) in [6.45, 7) is 5.66. The Bertz CT molecular complexity index is 1340. The topological polar surface area (TPSA) is 90.0 Å². The van der Waals surface area contributed by atoms with Gasteiger partial charge < -0.3 is 11.1 Å². The summed E-state index contributed by atoms with van der Waals surface area (Å²) in [5, 5.41) is 8.39. The molecule has 1 heterocycles. The Kier molecular flexibility index (Phi) is 5.72. The standard InChI is InChI=1S/C26H25FN4O2/c1-16(17-11-13-20(27)14-12-17)31-22-10-5-4-9-21(22)23(30-31)25(33)29-26(2,3)19-8-6-7-18(15-19)24(28)32/h4-16H,1-3H3,(H2,28,32)(H,29,33). The minimum atomic E-state index is -0.782. The molecule has 4 rings (SSSR count). The van der Waals surface area contributed by atoms with Crippen LogP contribution in [0.5, 0.6) is 0 Å². The summed E-state index contributed by atoms with van der Waals surface area (Å²) in [5.74, 6) is -1.18. The van der Waals surface area contributed by atoms with Crippen molar-refractivity contribution in [2.45, 2.75) is 32.4 Å². The molecule has 0 saturated heterocycles. The minimum Gasteiger partial charge on any atom is -0.366 e. The van der Waals surface area contributed by atoms with E-state index < -0.39 is 11.4 Å². The maximum atomic E-state index is 13.4. The highest BCUT2D eigenvalue weighted by Crippen LogP contribution is 2.27. The first kappa shape index (κ1) is 22.2. The Hall–Kier alpha value is -4.00. The van der Waals surface area contributed by atoms with E-state index in [0.29, 0.717) is 16.6 Å². The molecule has 2 amide bonds. The van der Waals surface area contributed by atoms with Crippen LogP contribution in [0.25, 0.3) is 10.9 Å². The van der Waals surface area contributed by atoms with Crippen molar-refractivity contribution < 1.29 is 14.0 Å². The van der Waals surface area contributed by atoms with E-state index >= 15 is 0 Å². The van der Waals surface area contributed by atoms with Gasteiger partial charge in [-0.25, -0.2) is 4.39 Å². The number of nitrogens with zero attached hydrogens (tertiary/aromatic N) is 2. The molecule has 4 aromatic rings. The van der Waals surface area contributed by atoms with E-state index in [1.54, 1.807) is 35.0 Å². The molecule has 33 heavy (non-hydrogen) atoms. The number of nitrogens with one attached hydrogen (secondary N) is 1. The van der Waals surface area contributed by atoms with Crippen molar-refractivity contribution in [3.8, 4) is 0 Å². The molecule has 0 radical (unpaired) electrons.